The molecule has 0 aliphatic heterocycles. The topological polar surface area (TPSA) is 362 Å². The summed E-state index contributed by atoms with van der Waals surface area (Å²) in [6, 6.07) is 46.7. The number of rotatable bonds is 0. The van der Waals surface area contributed by atoms with E-state index >= 15 is 0 Å². The van der Waals surface area contributed by atoms with Gasteiger partial charge in [-0.2, -0.15) is 20.4 Å². The van der Waals surface area contributed by atoms with E-state index in [1.807, 2.05) is 364 Å². The summed E-state index contributed by atoms with van der Waals surface area (Å²) in [7, 11) is 0. The van der Waals surface area contributed by atoms with Crippen LogP contribution in [0.3, 0.4) is 0 Å². The summed E-state index contributed by atoms with van der Waals surface area (Å²) in [5, 5.41) is 25.4. The van der Waals surface area contributed by atoms with Gasteiger partial charge >= 0.3 is 0 Å². The Kier molecular flexibility index (Phi) is 60.0. The minimum absolute atomic E-state index is 0.637. The molecule has 0 atom stereocenters. The third-order valence-electron chi connectivity index (χ3n) is 17.2. The molecule has 0 unspecified atom stereocenters. The van der Waals surface area contributed by atoms with Gasteiger partial charge < -0.3 is 17.6 Å². The Hall–Kier alpha value is -18.1. The summed E-state index contributed by atoms with van der Waals surface area (Å²) < 4.78 is 22.3. The van der Waals surface area contributed by atoms with Crippen LogP contribution in [0.15, 0.2) is 407 Å². The van der Waals surface area contributed by atoms with Gasteiger partial charge in [0.25, 0.3) is 11.6 Å². The number of imidazole rings is 12. The Bertz CT molecular complexity index is 6380. The Morgan fingerprint density at radius 2 is 0.715 bits per heavy atom. The van der Waals surface area contributed by atoms with Crippen molar-refractivity contribution < 1.29 is 0 Å². The number of para-hydroxylation sites is 1. The molecular formula is C108H138N36. The fourth-order valence-corrected chi connectivity index (χ4v) is 11.6. The van der Waals surface area contributed by atoms with E-state index < -0.39 is 0 Å². The molecule has 0 spiro atoms. The van der Waals surface area contributed by atoms with Gasteiger partial charge in [-0.15, -0.1) is 5.10 Å². The number of nitrogens with zero attached hydrogens (tertiary/aromatic N) is 36. The lowest BCUT2D eigenvalue weighted by atomic mass is 10.2. The largest absolute Gasteiger partial charge is 0.307 e. The number of hydrogen-bond donors (Lipinski definition) is 0. The van der Waals surface area contributed by atoms with Crippen LogP contribution in [0, 0.1) is 0 Å². The van der Waals surface area contributed by atoms with Crippen molar-refractivity contribution in [2.75, 3.05) is 0 Å². The number of aromatic nitrogens is 36. The van der Waals surface area contributed by atoms with Gasteiger partial charge in [0, 0.05) is 173 Å². The van der Waals surface area contributed by atoms with Crippen LogP contribution < -0.4 is 0 Å². The molecule has 27 rings (SSSR count). The Balaban J connectivity index is 0.000000322. The minimum Gasteiger partial charge on any atom is -0.307 e. The van der Waals surface area contributed by atoms with Crippen LogP contribution in [0.25, 0.3) is 100 Å². The number of pyridine rings is 4. The van der Waals surface area contributed by atoms with Crippen molar-refractivity contribution in [2.24, 2.45) is 0 Å². The number of benzene rings is 3. The standard InChI is InChI=1S/3C11H8N2.C7H6N2.4C6H5N3.4C5H4N4.12C2H6/c1-2-4-10-9(3-1)5-7-13-8-6-12-11(10)13;1-2-4-10-8-13-6-5-12-11(13)7-9(10)3-1;1-2-4-10-9(3-1)5-6-11-12-7-8-13(10)11;1-2-4-9-6-8-5-7(9)3-1;1-2-9-5-8-4-6(9)3-7-1;1-2-7-5-9-4-3-8-6(1)9;1-2-8-6-4-7-5-9(6)3-1;1-2-6-7-4-5-9(6)8-3-1;1-3-9-4-2-7-8-5(9)6-1;1-2-9-4-6-3-8-5(9)7-1;1-2-9-5(7-1)3-6-4-8-9;1-2-8-9-4-3-7-5(9)6-1;12*1-2/h3*1-8H;1-6H;4*1-5H;4*1-4H;12*1-2H3. The summed E-state index contributed by atoms with van der Waals surface area (Å²) >= 11 is 0. The smallest absolute Gasteiger partial charge is 0.253 e. The quantitative estimate of drug-likeness (QED) is 0.136. The van der Waals surface area contributed by atoms with Crippen molar-refractivity contribution in [1.29, 1.82) is 0 Å². The lowest BCUT2D eigenvalue weighted by Crippen LogP contribution is -1.89. The first-order valence-electron chi connectivity index (χ1n) is 48.6. The van der Waals surface area contributed by atoms with Crippen LogP contribution in [0.1, 0.15) is 166 Å². The molecule has 0 saturated carbocycles. The Labute approximate surface area is 842 Å². The lowest BCUT2D eigenvalue weighted by Gasteiger charge is -1.99. The van der Waals surface area contributed by atoms with Crippen LogP contribution in [-0.2, 0) is 0 Å². The maximum Gasteiger partial charge on any atom is 0.253 e. The summed E-state index contributed by atoms with van der Waals surface area (Å²) in [6.45, 7) is 48.0. The molecule has 0 radical (unpaired) electrons. The minimum atomic E-state index is 0.637. The van der Waals surface area contributed by atoms with Crippen LogP contribution in [0.2, 0.25) is 0 Å². The zero-order chi connectivity index (χ0) is 105. The van der Waals surface area contributed by atoms with Crippen molar-refractivity contribution in [3.8, 4) is 0 Å². The molecule has 0 fully saturated rings. The average molecular weight is 1940 g/mol. The van der Waals surface area contributed by atoms with E-state index in [-0.39, 0.29) is 0 Å². The zero-order valence-electron chi connectivity index (χ0n) is 87.2. The second-order valence-electron chi connectivity index (χ2n) is 24.8. The van der Waals surface area contributed by atoms with E-state index in [0.717, 1.165) is 50.6 Å². The van der Waals surface area contributed by atoms with Gasteiger partial charge in [0.1, 0.15) is 54.2 Å². The molecule has 750 valence electrons. The summed E-state index contributed by atoms with van der Waals surface area (Å²) in [5.41, 5.74) is 9.88. The van der Waals surface area contributed by atoms with E-state index in [2.05, 4.69) is 185 Å². The predicted octanol–water partition coefficient (Wildman–Crippen LogP) is 24.5. The van der Waals surface area contributed by atoms with Gasteiger partial charge in [-0.25, -0.2) is 103 Å². The van der Waals surface area contributed by atoms with Crippen molar-refractivity contribution >= 4 is 100 Å². The average Bonchev–Trinajstić information content (AvgIpc) is 1.62. The third-order valence-corrected chi connectivity index (χ3v) is 17.2. The van der Waals surface area contributed by atoms with E-state index in [0.29, 0.717) is 17.3 Å². The summed E-state index contributed by atoms with van der Waals surface area (Å²) in [5.74, 6) is 1.96. The van der Waals surface area contributed by atoms with Gasteiger partial charge in [-0.1, -0.05) is 239 Å². The van der Waals surface area contributed by atoms with E-state index in [1.165, 1.54) is 45.1 Å². The monoisotopic (exact) mass is 1940 g/mol. The third kappa shape index (κ3) is 37.3. The van der Waals surface area contributed by atoms with E-state index in [1.54, 1.807) is 184 Å². The molecule has 24 heterocycles. The number of fused-ring (bicyclic) bond motifs is 17. The highest BCUT2D eigenvalue weighted by atomic mass is 15.3. The van der Waals surface area contributed by atoms with Crippen LogP contribution in [-0.4, -0.2) is 173 Å². The fraction of sp³-hybridized carbons (Fsp3) is 0.222. The highest BCUT2D eigenvalue weighted by molar-refractivity contribution is 5.93. The summed E-state index contributed by atoms with van der Waals surface area (Å²) in [4.78, 5) is 75.6. The molecule has 0 bridgehead atoms. The van der Waals surface area contributed by atoms with Gasteiger partial charge in [-0.3, -0.25) is 27.0 Å². The molecule has 27 aromatic rings. The molecule has 0 aliphatic rings. The van der Waals surface area contributed by atoms with E-state index in [9.17, 15) is 0 Å². The van der Waals surface area contributed by atoms with Crippen LogP contribution in [0.4, 0.5) is 0 Å². The molecule has 0 aliphatic carbocycles. The van der Waals surface area contributed by atoms with E-state index in [4.69, 9.17) is 0 Å². The lowest BCUT2D eigenvalue weighted by molar-refractivity contribution is 0.897. The van der Waals surface area contributed by atoms with Gasteiger partial charge in [0.05, 0.1) is 85.0 Å². The maximum absolute atomic E-state index is 4.31. The predicted molar refractivity (Wildman–Crippen MR) is 585 cm³/mol. The molecule has 3 aromatic carbocycles. The molecule has 0 N–H and O–H groups in total. The highest BCUT2D eigenvalue weighted by Crippen LogP contribution is 2.19. The van der Waals surface area contributed by atoms with Gasteiger partial charge in [0.15, 0.2) is 16.9 Å². The first kappa shape index (κ1) is 118. The van der Waals surface area contributed by atoms with Gasteiger partial charge in [-0.05, 0) is 88.3 Å². The van der Waals surface area contributed by atoms with Crippen molar-refractivity contribution in [2.45, 2.75) is 166 Å². The van der Waals surface area contributed by atoms with Gasteiger partial charge in [0.2, 0.25) is 5.78 Å². The summed E-state index contributed by atoms with van der Waals surface area (Å²) in [6.07, 6.45) is 76.2. The first-order valence-corrected chi connectivity index (χ1v) is 48.6. The van der Waals surface area contributed by atoms with Crippen molar-refractivity contribution in [3.63, 3.8) is 0 Å². The number of hydrogen-bond acceptors (Lipinski definition) is 24. The molecule has 36 nitrogen and oxygen atoms in total. The van der Waals surface area contributed by atoms with Crippen LogP contribution >= 0.6 is 0 Å². The first-order chi connectivity index (χ1) is 71.5. The Morgan fingerprint density at radius 1 is 0.208 bits per heavy atom. The molecule has 24 aromatic heterocycles. The molecular weight excluding hydrogens is 1800 g/mol. The molecule has 0 saturated heterocycles. The highest BCUT2D eigenvalue weighted by Gasteiger charge is 2.03. The molecule has 0 amide bonds. The zero-order valence-corrected chi connectivity index (χ0v) is 87.2. The maximum atomic E-state index is 4.31. The van der Waals surface area contributed by atoms with Crippen molar-refractivity contribution in [3.05, 3.63) is 407 Å². The van der Waals surface area contributed by atoms with Crippen LogP contribution in [0.5, 0.6) is 0 Å². The Morgan fingerprint density at radius 3 is 1.42 bits per heavy atom. The second-order valence-corrected chi connectivity index (χ2v) is 24.8. The van der Waals surface area contributed by atoms with Crippen molar-refractivity contribution in [1.82, 2.24) is 173 Å². The SMILES string of the molecule is CC.CC.CC.CC.CC.CC.CC.CC.CC.CC.CC.CC.c1cc2nccn2cn1.c1ccc2c(c1)ccc1nccn12.c1ccc2c(c1)ccn1ccnc21.c1ccc2cn3ccnc3cc2c1.c1ccn2cncc2c1.c1cn2ccnc2nn1.c1cn2cncc2cn1.c1cn2cncnc2n1.c1cn2ncncc2n1.c1cnc2cncn2c1.c1cnn2ccnc2c1.c1cnn2ccnc2n1. The second kappa shape index (κ2) is 73.1. The molecule has 36 heteroatoms. The molecule has 144 heavy (non-hydrogen) atoms. The fourth-order valence-electron chi connectivity index (χ4n) is 11.6. The normalized spacial score (nSPS) is 9.25.